The highest BCUT2D eigenvalue weighted by atomic mass is 32.1. The molecule has 0 spiro atoms. The molecule has 1 N–H and O–H groups in total. The molecule has 3 rings (SSSR count). The summed E-state index contributed by atoms with van der Waals surface area (Å²) < 4.78 is 10.8. The number of carbonyl (C=O) groups excluding carboxylic acids is 1. The molecule has 1 amide bonds. The number of aryl methyl sites for hydroxylation is 1. The summed E-state index contributed by atoms with van der Waals surface area (Å²) in [5, 5.41) is 3.39. The molecule has 1 heterocycles. The number of benzene rings is 2. The molecule has 0 saturated carbocycles. The maximum Gasteiger partial charge on any atom is 0.266 e. The van der Waals surface area contributed by atoms with Gasteiger partial charge in [-0.05, 0) is 50.2 Å². The third kappa shape index (κ3) is 4.21. The second kappa shape index (κ2) is 8.01. The number of nitrogens with zero attached hydrogens (tertiary/aromatic N) is 1. The fourth-order valence-corrected chi connectivity index (χ4v) is 3.27. The van der Waals surface area contributed by atoms with Gasteiger partial charge in [0.2, 0.25) is 0 Å². The summed E-state index contributed by atoms with van der Waals surface area (Å²) in [6.45, 7) is 3.70. The lowest BCUT2D eigenvalue weighted by Crippen LogP contribution is -2.30. The smallest absolute Gasteiger partial charge is 0.266 e. The van der Waals surface area contributed by atoms with Crippen molar-refractivity contribution in [3.05, 3.63) is 59.5 Å². The van der Waals surface area contributed by atoms with Crippen LogP contribution in [0.2, 0.25) is 0 Å². The van der Waals surface area contributed by atoms with Gasteiger partial charge in [0, 0.05) is 10.4 Å². The molecule has 2 aromatic carbocycles. The minimum Gasteiger partial charge on any atom is -0.497 e. The Morgan fingerprint density at radius 3 is 2.42 bits per heavy atom. The fourth-order valence-electron chi connectivity index (χ4n) is 2.43. The highest BCUT2D eigenvalue weighted by Crippen LogP contribution is 2.31. The number of anilines is 1. The van der Waals surface area contributed by atoms with Crippen LogP contribution in [-0.4, -0.2) is 24.1 Å². The summed E-state index contributed by atoms with van der Waals surface area (Å²) in [7, 11) is 1.63. The first kappa shape index (κ1) is 17.9. The molecule has 0 aliphatic rings. The van der Waals surface area contributed by atoms with Crippen molar-refractivity contribution in [2.45, 2.75) is 20.0 Å². The third-order valence-electron chi connectivity index (χ3n) is 3.82. The third-order valence-corrected chi connectivity index (χ3v) is 4.70. The second-order valence-electron chi connectivity index (χ2n) is 5.71. The average molecular weight is 368 g/mol. The molecular formula is C20H20N2O3S. The second-order valence-corrected chi connectivity index (χ2v) is 6.92. The van der Waals surface area contributed by atoms with Crippen molar-refractivity contribution in [3.63, 3.8) is 0 Å². The molecule has 26 heavy (non-hydrogen) atoms. The van der Waals surface area contributed by atoms with Crippen molar-refractivity contribution in [2.75, 3.05) is 12.4 Å². The number of ether oxygens (including phenoxy) is 2. The SMILES string of the molecule is COc1ccc(-c2nc(NC(=O)[C@@H](C)Oc3ccccc3)sc2C)cc1. The van der Waals surface area contributed by atoms with E-state index in [2.05, 4.69) is 10.3 Å². The molecule has 0 aliphatic carbocycles. The minimum atomic E-state index is -0.619. The average Bonchev–Trinajstić information content (AvgIpc) is 3.02. The summed E-state index contributed by atoms with van der Waals surface area (Å²) in [6, 6.07) is 17.0. The highest BCUT2D eigenvalue weighted by Gasteiger charge is 2.18. The molecule has 6 heteroatoms. The van der Waals surface area contributed by atoms with Crippen LogP contribution in [0, 0.1) is 6.92 Å². The van der Waals surface area contributed by atoms with Gasteiger partial charge in [-0.25, -0.2) is 4.98 Å². The zero-order valence-corrected chi connectivity index (χ0v) is 15.7. The predicted molar refractivity (Wildman–Crippen MR) is 104 cm³/mol. The summed E-state index contributed by atoms with van der Waals surface area (Å²) in [4.78, 5) is 18.0. The lowest BCUT2D eigenvalue weighted by atomic mass is 10.1. The molecule has 5 nitrogen and oxygen atoms in total. The normalized spacial score (nSPS) is 11.7. The van der Waals surface area contributed by atoms with Crippen molar-refractivity contribution in [2.24, 2.45) is 0 Å². The first-order valence-corrected chi connectivity index (χ1v) is 9.03. The van der Waals surface area contributed by atoms with E-state index in [-0.39, 0.29) is 5.91 Å². The maximum atomic E-state index is 12.4. The van der Waals surface area contributed by atoms with Crippen LogP contribution < -0.4 is 14.8 Å². The first-order chi connectivity index (χ1) is 12.6. The molecule has 0 saturated heterocycles. The molecular weight excluding hydrogens is 348 g/mol. The molecule has 134 valence electrons. The van der Waals surface area contributed by atoms with Gasteiger partial charge in [-0.3, -0.25) is 10.1 Å². The standard InChI is InChI=1S/C20H20N2O3S/c1-13(25-17-7-5-4-6-8-17)19(23)22-20-21-18(14(2)26-20)15-9-11-16(24-3)12-10-15/h4-13H,1-3H3,(H,21,22,23)/t13-/m1/s1. The van der Waals surface area contributed by atoms with Crippen LogP contribution in [-0.2, 0) is 4.79 Å². The van der Waals surface area contributed by atoms with E-state index in [1.165, 1.54) is 11.3 Å². The summed E-state index contributed by atoms with van der Waals surface area (Å²) in [5.41, 5.74) is 1.83. The number of methoxy groups -OCH3 is 1. The Morgan fingerprint density at radius 1 is 1.08 bits per heavy atom. The Balaban J connectivity index is 1.69. The van der Waals surface area contributed by atoms with E-state index in [4.69, 9.17) is 9.47 Å². The first-order valence-electron chi connectivity index (χ1n) is 8.21. The van der Waals surface area contributed by atoms with E-state index in [9.17, 15) is 4.79 Å². The number of aromatic nitrogens is 1. The van der Waals surface area contributed by atoms with Crippen LogP contribution in [0.25, 0.3) is 11.3 Å². The molecule has 0 radical (unpaired) electrons. The van der Waals surface area contributed by atoms with Gasteiger partial charge >= 0.3 is 0 Å². The zero-order chi connectivity index (χ0) is 18.5. The fraction of sp³-hybridized carbons (Fsp3) is 0.200. The largest absolute Gasteiger partial charge is 0.497 e. The van der Waals surface area contributed by atoms with Crippen LogP contribution in [0.3, 0.4) is 0 Å². The van der Waals surface area contributed by atoms with Gasteiger partial charge in [0.05, 0.1) is 12.8 Å². The number of thiazole rings is 1. The Hall–Kier alpha value is -2.86. The maximum absolute atomic E-state index is 12.4. The van der Waals surface area contributed by atoms with Crippen LogP contribution in [0.4, 0.5) is 5.13 Å². The number of hydrogen-bond acceptors (Lipinski definition) is 5. The predicted octanol–water partition coefficient (Wildman–Crippen LogP) is 4.53. The molecule has 1 aromatic heterocycles. The molecule has 3 aromatic rings. The zero-order valence-electron chi connectivity index (χ0n) is 14.9. The minimum absolute atomic E-state index is 0.233. The number of carbonyl (C=O) groups is 1. The van der Waals surface area contributed by atoms with Gasteiger partial charge in [0.15, 0.2) is 11.2 Å². The Bertz CT molecular complexity index is 876. The van der Waals surface area contributed by atoms with Crippen molar-refractivity contribution in [1.82, 2.24) is 4.98 Å². The van der Waals surface area contributed by atoms with Crippen molar-refractivity contribution >= 4 is 22.4 Å². The molecule has 1 atom stereocenters. The Morgan fingerprint density at radius 2 is 1.77 bits per heavy atom. The van der Waals surface area contributed by atoms with Gasteiger partial charge in [0.25, 0.3) is 5.91 Å². The molecule has 0 unspecified atom stereocenters. The van der Waals surface area contributed by atoms with Crippen LogP contribution >= 0.6 is 11.3 Å². The summed E-state index contributed by atoms with van der Waals surface area (Å²) >= 11 is 1.44. The van der Waals surface area contributed by atoms with Gasteiger partial charge in [-0.2, -0.15) is 0 Å². The monoisotopic (exact) mass is 368 g/mol. The van der Waals surface area contributed by atoms with Crippen LogP contribution in [0.5, 0.6) is 11.5 Å². The van der Waals surface area contributed by atoms with Gasteiger partial charge in [-0.15, -0.1) is 11.3 Å². The molecule has 0 bridgehead atoms. The summed E-state index contributed by atoms with van der Waals surface area (Å²) in [6.07, 6.45) is -0.619. The lowest BCUT2D eigenvalue weighted by Gasteiger charge is -2.13. The van der Waals surface area contributed by atoms with E-state index in [0.717, 1.165) is 21.9 Å². The number of nitrogens with one attached hydrogen (secondary N) is 1. The van der Waals surface area contributed by atoms with Crippen LogP contribution in [0.15, 0.2) is 54.6 Å². The van der Waals surface area contributed by atoms with Crippen molar-refractivity contribution < 1.29 is 14.3 Å². The topological polar surface area (TPSA) is 60.5 Å². The highest BCUT2D eigenvalue weighted by molar-refractivity contribution is 7.16. The lowest BCUT2D eigenvalue weighted by molar-refractivity contribution is -0.122. The number of para-hydroxylation sites is 1. The van der Waals surface area contributed by atoms with Crippen LogP contribution in [0.1, 0.15) is 11.8 Å². The number of rotatable bonds is 6. The van der Waals surface area contributed by atoms with Gasteiger partial charge < -0.3 is 9.47 Å². The van der Waals surface area contributed by atoms with Gasteiger partial charge in [0.1, 0.15) is 11.5 Å². The van der Waals surface area contributed by atoms with E-state index >= 15 is 0 Å². The molecule has 0 fully saturated rings. The van der Waals surface area contributed by atoms with Crippen molar-refractivity contribution in [1.29, 1.82) is 0 Å². The summed E-state index contributed by atoms with van der Waals surface area (Å²) in [5.74, 6) is 1.22. The molecule has 0 aliphatic heterocycles. The van der Waals surface area contributed by atoms with E-state index in [1.54, 1.807) is 14.0 Å². The number of hydrogen-bond donors (Lipinski definition) is 1. The quantitative estimate of drug-likeness (QED) is 0.694. The van der Waals surface area contributed by atoms with E-state index in [1.807, 2.05) is 61.5 Å². The Labute approximate surface area is 156 Å². The van der Waals surface area contributed by atoms with E-state index < -0.39 is 6.10 Å². The Kier molecular flexibility index (Phi) is 5.53. The number of amides is 1. The van der Waals surface area contributed by atoms with Gasteiger partial charge in [-0.1, -0.05) is 18.2 Å². The van der Waals surface area contributed by atoms with E-state index in [0.29, 0.717) is 10.9 Å². The van der Waals surface area contributed by atoms with Crippen molar-refractivity contribution in [3.8, 4) is 22.8 Å².